The van der Waals surface area contributed by atoms with Gasteiger partial charge in [0.2, 0.25) is 0 Å². The summed E-state index contributed by atoms with van der Waals surface area (Å²) in [5, 5.41) is 15.0. The fraction of sp³-hybridized carbons (Fsp3) is 0.333. The van der Waals surface area contributed by atoms with Crippen molar-refractivity contribution < 1.29 is 14.7 Å². The number of amides is 1. The number of hydrogen-bond acceptors (Lipinski definition) is 3. The molecule has 5 heteroatoms. The highest BCUT2D eigenvalue weighted by Crippen LogP contribution is 2.41. The molecular formula is C12H12N2O3. The van der Waals surface area contributed by atoms with E-state index in [9.17, 15) is 14.7 Å². The summed E-state index contributed by atoms with van der Waals surface area (Å²) >= 11 is 0. The van der Waals surface area contributed by atoms with Crippen LogP contribution in [0.1, 0.15) is 28.3 Å². The van der Waals surface area contributed by atoms with E-state index in [4.69, 9.17) is 0 Å². The lowest BCUT2D eigenvalue weighted by Crippen LogP contribution is -2.31. The van der Waals surface area contributed by atoms with Crippen LogP contribution < -0.4 is 10.6 Å². The minimum absolute atomic E-state index is 0.114. The van der Waals surface area contributed by atoms with Gasteiger partial charge in [-0.25, -0.2) is 4.79 Å². The second-order valence-electron chi connectivity index (χ2n) is 4.38. The molecule has 2 atom stereocenters. The van der Waals surface area contributed by atoms with Gasteiger partial charge in [-0.15, -0.1) is 0 Å². The van der Waals surface area contributed by atoms with Crippen LogP contribution in [0.15, 0.2) is 18.2 Å². The van der Waals surface area contributed by atoms with Crippen LogP contribution in [0.25, 0.3) is 0 Å². The zero-order valence-corrected chi connectivity index (χ0v) is 9.06. The summed E-state index contributed by atoms with van der Waals surface area (Å²) in [5.74, 6) is -1.11. The third-order valence-electron chi connectivity index (χ3n) is 3.44. The van der Waals surface area contributed by atoms with Gasteiger partial charge in [0.25, 0.3) is 5.91 Å². The third-order valence-corrected chi connectivity index (χ3v) is 3.44. The molecule has 1 amide bonds. The number of carbonyl (C=O) groups excluding carboxylic acids is 1. The van der Waals surface area contributed by atoms with E-state index < -0.39 is 12.0 Å². The maximum Gasteiger partial charge on any atom is 0.326 e. The van der Waals surface area contributed by atoms with Gasteiger partial charge in [-0.05, 0) is 24.1 Å². The minimum atomic E-state index is -0.869. The number of benzene rings is 1. The Hall–Kier alpha value is -2.04. The van der Waals surface area contributed by atoms with E-state index in [1.165, 1.54) is 0 Å². The number of nitrogens with one attached hydrogen (secondary N) is 2. The molecule has 1 aromatic carbocycles. The summed E-state index contributed by atoms with van der Waals surface area (Å²) in [6, 6.07) is 4.72. The molecule has 0 aromatic heterocycles. The quantitative estimate of drug-likeness (QED) is 0.668. The first-order valence-electron chi connectivity index (χ1n) is 5.59. The average Bonchev–Trinajstić information content (AvgIpc) is 2.59. The van der Waals surface area contributed by atoms with Crippen molar-refractivity contribution in [1.29, 1.82) is 0 Å². The monoisotopic (exact) mass is 232 g/mol. The Kier molecular flexibility index (Phi) is 2.07. The number of aliphatic carboxylic acids is 1. The molecule has 2 unspecified atom stereocenters. The lowest BCUT2D eigenvalue weighted by atomic mass is 9.89. The van der Waals surface area contributed by atoms with Gasteiger partial charge in [-0.3, -0.25) is 4.79 Å². The van der Waals surface area contributed by atoms with Crippen LogP contribution in [-0.4, -0.2) is 29.6 Å². The van der Waals surface area contributed by atoms with Crippen molar-refractivity contribution in [3.8, 4) is 0 Å². The molecule has 2 aliphatic rings. The van der Waals surface area contributed by atoms with Crippen LogP contribution in [-0.2, 0) is 4.79 Å². The standard InChI is InChI=1S/C12H12N2O3/c15-11-7-2-1-3-8-9(7)6(4-5-13-11)10(14-8)12(16)17/h1-3,6,10,14H,4-5H2,(H,13,15)(H,16,17). The summed E-state index contributed by atoms with van der Waals surface area (Å²) in [6.45, 7) is 0.517. The van der Waals surface area contributed by atoms with E-state index in [1.807, 2.05) is 6.07 Å². The van der Waals surface area contributed by atoms with Gasteiger partial charge in [0.15, 0.2) is 0 Å². The molecular weight excluding hydrogens is 220 g/mol. The van der Waals surface area contributed by atoms with E-state index in [-0.39, 0.29) is 11.8 Å². The van der Waals surface area contributed by atoms with E-state index in [0.717, 1.165) is 11.3 Å². The second kappa shape index (κ2) is 3.48. The Morgan fingerprint density at radius 2 is 2.24 bits per heavy atom. The molecule has 17 heavy (non-hydrogen) atoms. The van der Waals surface area contributed by atoms with Crippen molar-refractivity contribution in [2.24, 2.45) is 0 Å². The fourth-order valence-electron chi connectivity index (χ4n) is 2.70. The van der Waals surface area contributed by atoms with Crippen LogP contribution in [0.2, 0.25) is 0 Å². The molecule has 5 nitrogen and oxygen atoms in total. The molecule has 0 saturated heterocycles. The maximum atomic E-state index is 11.8. The van der Waals surface area contributed by atoms with Crippen LogP contribution in [0, 0.1) is 0 Å². The topological polar surface area (TPSA) is 78.4 Å². The molecule has 88 valence electrons. The molecule has 2 heterocycles. The molecule has 3 N–H and O–H groups in total. The number of carbonyl (C=O) groups is 2. The zero-order valence-electron chi connectivity index (χ0n) is 9.06. The van der Waals surface area contributed by atoms with Crippen molar-refractivity contribution in [2.45, 2.75) is 18.4 Å². The SMILES string of the molecule is O=C1NCCC2c3c(cccc31)NC2C(=O)O. The molecule has 0 saturated carbocycles. The van der Waals surface area contributed by atoms with Crippen molar-refractivity contribution >= 4 is 17.6 Å². The Bertz CT molecular complexity index is 512. The smallest absolute Gasteiger partial charge is 0.326 e. The molecule has 3 rings (SSSR count). The predicted octanol–water partition coefficient (Wildman–Crippen LogP) is 0.782. The van der Waals surface area contributed by atoms with E-state index >= 15 is 0 Å². The fourth-order valence-corrected chi connectivity index (χ4v) is 2.70. The van der Waals surface area contributed by atoms with Gasteiger partial charge in [-0.2, -0.15) is 0 Å². The van der Waals surface area contributed by atoms with Crippen LogP contribution >= 0.6 is 0 Å². The molecule has 0 bridgehead atoms. The first kappa shape index (κ1) is 10.1. The first-order valence-corrected chi connectivity index (χ1v) is 5.59. The highest BCUT2D eigenvalue weighted by atomic mass is 16.4. The summed E-state index contributed by atoms with van der Waals surface area (Å²) in [5.41, 5.74) is 2.23. The number of rotatable bonds is 1. The van der Waals surface area contributed by atoms with Gasteiger partial charge in [0.1, 0.15) is 6.04 Å². The maximum absolute atomic E-state index is 11.8. The van der Waals surface area contributed by atoms with Gasteiger partial charge in [0, 0.05) is 23.7 Å². The highest BCUT2D eigenvalue weighted by molar-refractivity contribution is 5.99. The lowest BCUT2D eigenvalue weighted by Gasteiger charge is -2.14. The van der Waals surface area contributed by atoms with Crippen molar-refractivity contribution in [1.82, 2.24) is 5.32 Å². The average molecular weight is 232 g/mol. The van der Waals surface area contributed by atoms with E-state index in [2.05, 4.69) is 10.6 Å². The van der Waals surface area contributed by atoms with Crippen LogP contribution in [0.5, 0.6) is 0 Å². The molecule has 0 radical (unpaired) electrons. The molecule has 1 aromatic rings. The van der Waals surface area contributed by atoms with Gasteiger partial charge < -0.3 is 15.7 Å². The Morgan fingerprint density at radius 1 is 1.41 bits per heavy atom. The normalized spacial score (nSPS) is 25.5. The Balaban J connectivity index is 2.16. The zero-order chi connectivity index (χ0) is 12.0. The molecule has 0 aliphatic carbocycles. The largest absolute Gasteiger partial charge is 0.480 e. The van der Waals surface area contributed by atoms with Crippen LogP contribution in [0.3, 0.4) is 0 Å². The summed E-state index contributed by atoms with van der Waals surface area (Å²) < 4.78 is 0. The number of hydrogen-bond donors (Lipinski definition) is 3. The van der Waals surface area contributed by atoms with Crippen molar-refractivity contribution in [3.05, 3.63) is 29.3 Å². The van der Waals surface area contributed by atoms with Gasteiger partial charge in [-0.1, -0.05) is 6.07 Å². The van der Waals surface area contributed by atoms with E-state index in [0.29, 0.717) is 18.5 Å². The molecule has 2 aliphatic heterocycles. The van der Waals surface area contributed by atoms with Crippen LogP contribution in [0.4, 0.5) is 5.69 Å². The van der Waals surface area contributed by atoms with Gasteiger partial charge >= 0.3 is 5.97 Å². The number of carboxylic acid groups (broad SMARTS) is 1. The van der Waals surface area contributed by atoms with E-state index in [1.54, 1.807) is 12.1 Å². The Labute approximate surface area is 97.8 Å². The summed E-state index contributed by atoms with van der Waals surface area (Å²) in [6.07, 6.45) is 0.652. The summed E-state index contributed by atoms with van der Waals surface area (Å²) in [4.78, 5) is 23.0. The molecule has 0 spiro atoms. The van der Waals surface area contributed by atoms with Gasteiger partial charge in [0.05, 0.1) is 0 Å². The second-order valence-corrected chi connectivity index (χ2v) is 4.38. The molecule has 0 fully saturated rings. The lowest BCUT2D eigenvalue weighted by molar-refractivity contribution is -0.138. The third kappa shape index (κ3) is 1.39. The van der Waals surface area contributed by atoms with Crippen molar-refractivity contribution in [2.75, 3.05) is 11.9 Å². The summed E-state index contributed by atoms with van der Waals surface area (Å²) in [7, 11) is 0. The number of carboxylic acids is 1. The minimum Gasteiger partial charge on any atom is -0.480 e. The first-order chi connectivity index (χ1) is 8.18. The predicted molar refractivity (Wildman–Crippen MR) is 61.2 cm³/mol. The Morgan fingerprint density at radius 3 is 3.00 bits per heavy atom. The van der Waals surface area contributed by atoms with Crippen molar-refractivity contribution in [3.63, 3.8) is 0 Å². The highest BCUT2D eigenvalue weighted by Gasteiger charge is 2.40. The number of anilines is 1.